The lowest BCUT2D eigenvalue weighted by molar-refractivity contribution is -0.924. The Morgan fingerprint density at radius 2 is 1.68 bits per heavy atom. The first-order valence-corrected chi connectivity index (χ1v) is 11.1. The number of nitrogens with zero attached hydrogens (tertiary/aromatic N) is 1. The second kappa shape index (κ2) is 13.8. The number of unbranched alkanes of at least 4 members (excludes halogenated alkanes) is 7. The quantitative estimate of drug-likeness (QED) is 0.150. The Kier molecular flexibility index (Phi) is 12.2. The number of carbonyl (C=O) groups is 1. The normalized spacial score (nSPS) is 13.2. The van der Waals surface area contributed by atoms with Gasteiger partial charge in [0, 0.05) is 11.9 Å². The molecule has 1 rings (SSSR count). The van der Waals surface area contributed by atoms with Gasteiger partial charge in [-0.15, -0.1) is 0 Å². The number of hydrogen-bond acceptors (Lipinski definition) is 3. The molecule has 0 aromatic heterocycles. The summed E-state index contributed by atoms with van der Waals surface area (Å²) >= 11 is 6.04. The van der Waals surface area contributed by atoms with Crippen LogP contribution in [-0.4, -0.2) is 43.9 Å². The molecule has 0 heterocycles. The molecule has 0 spiro atoms. The average Bonchev–Trinajstić information content (AvgIpc) is 2.63. The van der Waals surface area contributed by atoms with Gasteiger partial charge in [-0.1, -0.05) is 57.0 Å². The minimum Gasteiger partial charge on any atom is -0.460 e. The predicted octanol–water partition coefficient (Wildman–Crippen LogP) is 6.14. The molecule has 1 aromatic rings. The molecule has 0 fully saturated rings. The summed E-state index contributed by atoms with van der Waals surface area (Å²) in [6.45, 7) is 8.46. The van der Waals surface area contributed by atoms with Crippen molar-refractivity contribution < 1.29 is 18.8 Å². The number of hydrogen-bond donors (Lipinski definition) is 0. The third-order valence-electron chi connectivity index (χ3n) is 5.16. The Bertz CT molecular complexity index is 579. The smallest absolute Gasteiger partial charge is 0.302 e. The summed E-state index contributed by atoms with van der Waals surface area (Å²) < 4.78 is 12.0. The second-order valence-electron chi connectivity index (χ2n) is 8.06. The molecule has 0 aliphatic carbocycles. The first kappa shape index (κ1) is 24.8. The van der Waals surface area contributed by atoms with Crippen molar-refractivity contribution in [3.8, 4) is 5.75 Å². The molecular formula is C23H39ClNO3+. The van der Waals surface area contributed by atoms with E-state index in [9.17, 15) is 4.79 Å². The zero-order chi connectivity index (χ0) is 20.8. The summed E-state index contributed by atoms with van der Waals surface area (Å²) in [5.74, 6) is 0.630. The Balaban J connectivity index is 2.48. The van der Waals surface area contributed by atoms with E-state index in [1.165, 1.54) is 51.9 Å². The number of esters is 1. The number of benzene rings is 1. The van der Waals surface area contributed by atoms with E-state index in [1.54, 1.807) is 0 Å². The fourth-order valence-electron chi connectivity index (χ4n) is 3.28. The van der Waals surface area contributed by atoms with Crippen LogP contribution in [0.4, 0.5) is 0 Å². The van der Waals surface area contributed by atoms with Crippen molar-refractivity contribution in [1.82, 2.24) is 0 Å². The minimum absolute atomic E-state index is 0.229. The lowest BCUT2D eigenvalue weighted by Crippen LogP contribution is -2.49. The molecule has 28 heavy (non-hydrogen) atoms. The van der Waals surface area contributed by atoms with Crippen molar-refractivity contribution in [3.05, 3.63) is 28.8 Å². The summed E-state index contributed by atoms with van der Waals surface area (Å²) in [7, 11) is 2.18. The highest BCUT2D eigenvalue weighted by atomic mass is 35.5. The standard InChI is InChI=1S/C23H39ClNO3/c1-5-6-7-8-9-10-11-12-15-25(4,16-17-27-21(3)26)19-28-23-14-13-22(24)18-20(23)2/h13-14,18H,5-12,15-17,19H2,1-4H3/q+1. The van der Waals surface area contributed by atoms with Crippen LogP contribution in [0.25, 0.3) is 0 Å². The summed E-state index contributed by atoms with van der Waals surface area (Å²) in [6, 6.07) is 5.69. The van der Waals surface area contributed by atoms with E-state index in [-0.39, 0.29) is 5.97 Å². The van der Waals surface area contributed by atoms with E-state index in [0.717, 1.165) is 40.3 Å². The molecule has 1 aromatic carbocycles. The summed E-state index contributed by atoms with van der Waals surface area (Å²) in [6.07, 6.45) is 10.4. The van der Waals surface area contributed by atoms with Gasteiger partial charge in [-0.2, -0.15) is 0 Å². The van der Waals surface area contributed by atoms with Crippen molar-refractivity contribution in [3.63, 3.8) is 0 Å². The number of ether oxygens (including phenoxy) is 2. The number of aryl methyl sites for hydroxylation is 1. The van der Waals surface area contributed by atoms with Crippen LogP contribution in [0.2, 0.25) is 5.02 Å². The van der Waals surface area contributed by atoms with Gasteiger partial charge in [-0.05, 0) is 43.5 Å². The van der Waals surface area contributed by atoms with Crippen LogP contribution in [0, 0.1) is 6.92 Å². The van der Waals surface area contributed by atoms with Gasteiger partial charge in [-0.25, -0.2) is 0 Å². The molecule has 160 valence electrons. The van der Waals surface area contributed by atoms with Gasteiger partial charge in [0.2, 0.25) is 6.73 Å². The maximum absolute atomic E-state index is 11.1. The fraction of sp³-hybridized carbons (Fsp3) is 0.696. The molecule has 0 aliphatic heterocycles. The molecule has 0 radical (unpaired) electrons. The maximum Gasteiger partial charge on any atom is 0.302 e. The van der Waals surface area contributed by atoms with Crippen molar-refractivity contribution in [2.24, 2.45) is 0 Å². The Morgan fingerprint density at radius 1 is 1.04 bits per heavy atom. The highest BCUT2D eigenvalue weighted by Crippen LogP contribution is 2.23. The molecule has 5 heteroatoms. The largest absolute Gasteiger partial charge is 0.460 e. The van der Waals surface area contributed by atoms with Gasteiger partial charge in [0.1, 0.15) is 18.9 Å². The maximum atomic E-state index is 11.1. The van der Waals surface area contributed by atoms with Gasteiger partial charge in [-0.3, -0.25) is 9.28 Å². The fourth-order valence-corrected chi connectivity index (χ4v) is 3.50. The predicted molar refractivity (Wildman–Crippen MR) is 117 cm³/mol. The minimum atomic E-state index is -0.229. The van der Waals surface area contributed by atoms with E-state index < -0.39 is 0 Å². The zero-order valence-electron chi connectivity index (χ0n) is 18.3. The first-order valence-electron chi connectivity index (χ1n) is 10.7. The van der Waals surface area contributed by atoms with Crippen molar-refractivity contribution >= 4 is 17.6 Å². The van der Waals surface area contributed by atoms with E-state index in [4.69, 9.17) is 21.1 Å². The van der Waals surface area contributed by atoms with Gasteiger partial charge < -0.3 is 9.47 Å². The summed E-state index contributed by atoms with van der Waals surface area (Å²) in [5.41, 5.74) is 1.03. The number of quaternary nitrogens is 1. The van der Waals surface area contributed by atoms with Crippen LogP contribution in [-0.2, 0) is 9.53 Å². The van der Waals surface area contributed by atoms with Gasteiger partial charge in [0.05, 0.1) is 13.6 Å². The van der Waals surface area contributed by atoms with Crippen molar-refractivity contribution in [2.75, 3.05) is 33.5 Å². The molecule has 0 saturated heterocycles. The van der Waals surface area contributed by atoms with Crippen LogP contribution in [0.15, 0.2) is 18.2 Å². The SMILES string of the molecule is CCCCCCCCCC[N+](C)(CCOC(C)=O)COc1ccc(Cl)cc1C. The Morgan fingerprint density at radius 3 is 2.29 bits per heavy atom. The molecule has 1 unspecified atom stereocenters. The highest BCUT2D eigenvalue weighted by molar-refractivity contribution is 6.30. The Hall–Kier alpha value is -1.26. The molecule has 0 N–H and O–H groups in total. The number of likely N-dealkylation sites (N-methyl/N-ethyl adjacent to an activating group) is 1. The molecule has 0 saturated carbocycles. The average molecular weight is 413 g/mol. The van der Waals surface area contributed by atoms with Crippen LogP contribution in [0.3, 0.4) is 0 Å². The molecule has 4 nitrogen and oxygen atoms in total. The van der Waals surface area contributed by atoms with Crippen LogP contribution >= 0.6 is 11.6 Å². The van der Waals surface area contributed by atoms with E-state index >= 15 is 0 Å². The first-order chi connectivity index (χ1) is 13.4. The molecular weight excluding hydrogens is 374 g/mol. The topological polar surface area (TPSA) is 35.5 Å². The van der Waals surface area contributed by atoms with Gasteiger partial charge in [0.15, 0.2) is 0 Å². The highest BCUT2D eigenvalue weighted by Gasteiger charge is 2.23. The lowest BCUT2D eigenvalue weighted by Gasteiger charge is -2.34. The third kappa shape index (κ3) is 10.9. The van der Waals surface area contributed by atoms with Gasteiger partial charge >= 0.3 is 5.97 Å². The van der Waals surface area contributed by atoms with Crippen LogP contribution < -0.4 is 4.74 Å². The third-order valence-corrected chi connectivity index (χ3v) is 5.39. The Labute approximate surface area is 176 Å². The lowest BCUT2D eigenvalue weighted by atomic mass is 10.1. The van der Waals surface area contributed by atoms with Crippen LogP contribution in [0.5, 0.6) is 5.75 Å². The number of halogens is 1. The monoisotopic (exact) mass is 412 g/mol. The number of rotatable bonds is 15. The number of carbonyl (C=O) groups excluding carboxylic acids is 1. The van der Waals surface area contributed by atoms with Crippen molar-refractivity contribution in [2.45, 2.75) is 72.1 Å². The summed E-state index contributed by atoms with van der Waals surface area (Å²) in [4.78, 5) is 11.1. The van der Waals surface area contributed by atoms with E-state index in [2.05, 4.69) is 14.0 Å². The molecule has 0 amide bonds. The van der Waals surface area contributed by atoms with E-state index in [0.29, 0.717) is 13.3 Å². The molecule has 0 aliphatic rings. The summed E-state index contributed by atoms with van der Waals surface area (Å²) in [5, 5.41) is 0.718. The zero-order valence-corrected chi connectivity index (χ0v) is 19.0. The van der Waals surface area contributed by atoms with Gasteiger partial charge in [0.25, 0.3) is 0 Å². The second-order valence-corrected chi connectivity index (χ2v) is 8.50. The molecule has 1 atom stereocenters. The van der Waals surface area contributed by atoms with E-state index in [1.807, 2.05) is 25.1 Å². The van der Waals surface area contributed by atoms with Crippen LogP contribution in [0.1, 0.15) is 70.8 Å². The molecule has 0 bridgehead atoms. The van der Waals surface area contributed by atoms with Crippen molar-refractivity contribution in [1.29, 1.82) is 0 Å².